The zero-order chi connectivity index (χ0) is 10.4. The Kier molecular flexibility index (Phi) is 4.21. The van der Waals surface area contributed by atoms with Crippen LogP contribution in [0.15, 0.2) is 12.1 Å². The fraction of sp³-hybridized carbons (Fsp3) is 0.400. The van der Waals surface area contributed by atoms with Crippen molar-refractivity contribution in [2.75, 3.05) is 5.32 Å². The first kappa shape index (κ1) is 10.8. The van der Waals surface area contributed by atoms with E-state index in [1.165, 1.54) is 0 Å². The molecule has 0 amide bonds. The zero-order valence-electron chi connectivity index (χ0n) is 8.00. The second-order valence-electron chi connectivity index (χ2n) is 2.89. The molecule has 0 radical (unpaired) electrons. The SMILES string of the molecule is C#CC(CCC)Nc1ccc(Cl)nn1. The van der Waals surface area contributed by atoms with Crippen molar-refractivity contribution >= 4 is 17.4 Å². The normalized spacial score (nSPS) is 11.8. The molecule has 0 saturated carbocycles. The minimum atomic E-state index is 0.00970. The second kappa shape index (κ2) is 5.46. The van der Waals surface area contributed by atoms with Crippen molar-refractivity contribution in [3.05, 3.63) is 17.3 Å². The van der Waals surface area contributed by atoms with Crippen LogP contribution in [0, 0.1) is 12.3 Å². The quantitative estimate of drug-likeness (QED) is 0.774. The first-order chi connectivity index (χ1) is 6.76. The molecule has 1 atom stereocenters. The van der Waals surface area contributed by atoms with Gasteiger partial charge in [0, 0.05) is 0 Å². The molecule has 0 spiro atoms. The summed E-state index contributed by atoms with van der Waals surface area (Å²) in [6.07, 6.45) is 7.30. The van der Waals surface area contributed by atoms with Gasteiger partial charge in [0.1, 0.15) is 5.82 Å². The van der Waals surface area contributed by atoms with Gasteiger partial charge in [-0.3, -0.25) is 0 Å². The Labute approximate surface area is 88.9 Å². The highest BCUT2D eigenvalue weighted by molar-refractivity contribution is 6.29. The molecule has 4 heteroatoms. The first-order valence-corrected chi connectivity index (χ1v) is 4.86. The van der Waals surface area contributed by atoms with Crippen LogP contribution in [0.4, 0.5) is 5.82 Å². The van der Waals surface area contributed by atoms with Crippen molar-refractivity contribution < 1.29 is 0 Å². The molecule has 0 aliphatic carbocycles. The number of anilines is 1. The third kappa shape index (κ3) is 3.23. The van der Waals surface area contributed by atoms with Crippen molar-refractivity contribution in [1.29, 1.82) is 0 Å². The molecular weight excluding hydrogens is 198 g/mol. The molecule has 1 unspecified atom stereocenters. The van der Waals surface area contributed by atoms with E-state index in [9.17, 15) is 0 Å². The number of rotatable bonds is 4. The fourth-order valence-corrected chi connectivity index (χ4v) is 1.16. The van der Waals surface area contributed by atoms with E-state index in [0.29, 0.717) is 11.0 Å². The Morgan fingerprint density at radius 1 is 1.57 bits per heavy atom. The second-order valence-corrected chi connectivity index (χ2v) is 3.28. The highest BCUT2D eigenvalue weighted by Gasteiger charge is 2.03. The smallest absolute Gasteiger partial charge is 0.151 e. The van der Waals surface area contributed by atoms with Gasteiger partial charge in [0.2, 0.25) is 0 Å². The first-order valence-electron chi connectivity index (χ1n) is 4.48. The highest BCUT2D eigenvalue weighted by atomic mass is 35.5. The summed E-state index contributed by atoms with van der Waals surface area (Å²) in [5.74, 6) is 3.31. The van der Waals surface area contributed by atoms with E-state index in [1.54, 1.807) is 12.1 Å². The Bertz CT molecular complexity index is 315. The molecule has 0 aliphatic rings. The summed E-state index contributed by atoms with van der Waals surface area (Å²) in [4.78, 5) is 0. The summed E-state index contributed by atoms with van der Waals surface area (Å²) < 4.78 is 0. The zero-order valence-corrected chi connectivity index (χ0v) is 8.75. The summed E-state index contributed by atoms with van der Waals surface area (Å²) in [5.41, 5.74) is 0. The number of hydrogen-bond donors (Lipinski definition) is 1. The van der Waals surface area contributed by atoms with Crippen molar-refractivity contribution in [3.63, 3.8) is 0 Å². The van der Waals surface area contributed by atoms with Gasteiger partial charge in [-0.15, -0.1) is 16.6 Å². The lowest BCUT2D eigenvalue weighted by molar-refractivity contribution is 0.749. The third-order valence-electron chi connectivity index (χ3n) is 1.73. The monoisotopic (exact) mass is 209 g/mol. The summed E-state index contributed by atoms with van der Waals surface area (Å²) in [5, 5.41) is 11.0. The lowest BCUT2D eigenvalue weighted by Gasteiger charge is -2.11. The Morgan fingerprint density at radius 2 is 2.36 bits per heavy atom. The van der Waals surface area contributed by atoms with Crippen LogP contribution in [-0.4, -0.2) is 16.2 Å². The number of halogens is 1. The molecule has 0 bridgehead atoms. The van der Waals surface area contributed by atoms with E-state index in [4.69, 9.17) is 18.0 Å². The summed E-state index contributed by atoms with van der Waals surface area (Å²) in [6.45, 7) is 2.08. The van der Waals surface area contributed by atoms with E-state index in [2.05, 4.69) is 28.4 Å². The van der Waals surface area contributed by atoms with Crippen LogP contribution < -0.4 is 5.32 Å². The minimum absolute atomic E-state index is 0.00970. The molecule has 14 heavy (non-hydrogen) atoms. The predicted octanol–water partition coefficient (Wildman–Crippen LogP) is 2.34. The predicted molar refractivity (Wildman–Crippen MR) is 58.2 cm³/mol. The van der Waals surface area contributed by atoms with Crippen LogP contribution in [0.5, 0.6) is 0 Å². The number of nitrogens with one attached hydrogen (secondary N) is 1. The largest absolute Gasteiger partial charge is 0.355 e. The van der Waals surface area contributed by atoms with Crippen LogP contribution in [-0.2, 0) is 0 Å². The van der Waals surface area contributed by atoms with E-state index in [1.807, 2.05) is 0 Å². The number of nitrogens with zero attached hydrogens (tertiary/aromatic N) is 2. The van der Waals surface area contributed by atoms with Crippen LogP contribution in [0.1, 0.15) is 19.8 Å². The summed E-state index contributed by atoms with van der Waals surface area (Å²) >= 11 is 5.60. The maximum absolute atomic E-state index is 5.60. The average Bonchev–Trinajstić information content (AvgIpc) is 2.20. The van der Waals surface area contributed by atoms with Crippen molar-refractivity contribution in [2.45, 2.75) is 25.8 Å². The maximum Gasteiger partial charge on any atom is 0.151 e. The molecule has 1 heterocycles. The molecule has 1 N–H and O–H groups in total. The van der Waals surface area contributed by atoms with Gasteiger partial charge in [-0.1, -0.05) is 30.9 Å². The van der Waals surface area contributed by atoms with Crippen molar-refractivity contribution in [1.82, 2.24) is 10.2 Å². The van der Waals surface area contributed by atoms with Gasteiger partial charge in [0.25, 0.3) is 0 Å². The van der Waals surface area contributed by atoms with Gasteiger partial charge in [0.05, 0.1) is 6.04 Å². The van der Waals surface area contributed by atoms with Crippen molar-refractivity contribution in [2.24, 2.45) is 0 Å². The van der Waals surface area contributed by atoms with Crippen LogP contribution >= 0.6 is 11.6 Å². The van der Waals surface area contributed by atoms with Crippen LogP contribution in [0.3, 0.4) is 0 Å². The molecule has 0 saturated heterocycles. The van der Waals surface area contributed by atoms with E-state index < -0.39 is 0 Å². The molecule has 74 valence electrons. The minimum Gasteiger partial charge on any atom is -0.355 e. The topological polar surface area (TPSA) is 37.8 Å². The molecule has 1 aromatic heterocycles. The van der Waals surface area contributed by atoms with Crippen molar-refractivity contribution in [3.8, 4) is 12.3 Å². The molecule has 1 rings (SSSR count). The van der Waals surface area contributed by atoms with E-state index in [-0.39, 0.29) is 6.04 Å². The lowest BCUT2D eigenvalue weighted by Crippen LogP contribution is -2.17. The molecule has 3 nitrogen and oxygen atoms in total. The molecule has 0 aromatic carbocycles. The number of terminal acetylenes is 1. The third-order valence-corrected chi connectivity index (χ3v) is 1.93. The average molecular weight is 210 g/mol. The molecule has 0 aliphatic heterocycles. The summed E-state index contributed by atoms with van der Waals surface area (Å²) in [7, 11) is 0. The van der Waals surface area contributed by atoms with Gasteiger partial charge in [-0.05, 0) is 18.6 Å². The van der Waals surface area contributed by atoms with Crippen LogP contribution in [0.2, 0.25) is 5.15 Å². The maximum atomic E-state index is 5.60. The molecular formula is C10H12ClN3. The fourth-order valence-electron chi connectivity index (χ4n) is 1.06. The number of aromatic nitrogens is 2. The van der Waals surface area contributed by atoms with E-state index in [0.717, 1.165) is 12.8 Å². The standard InChI is InChI=1S/C10H12ClN3/c1-3-5-8(4-2)12-10-7-6-9(11)13-14-10/h2,6-8H,3,5H2,1H3,(H,12,14). The summed E-state index contributed by atoms with van der Waals surface area (Å²) in [6, 6.07) is 3.45. The molecule has 0 fully saturated rings. The molecule has 1 aromatic rings. The van der Waals surface area contributed by atoms with Gasteiger partial charge in [0.15, 0.2) is 5.15 Å². The Morgan fingerprint density at radius 3 is 2.86 bits per heavy atom. The van der Waals surface area contributed by atoms with Gasteiger partial charge < -0.3 is 5.32 Å². The highest BCUT2D eigenvalue weighted by Crippen LogP contribution is 2.08. The lowest BCUT2D eigenvalue weighted by atomic mass is 10.2. The Hall–Kier alpha value is -1.27. The van der Waals surface area contributed by atoms with Crippen LogP contribution in [0.25, 0.3) is 0 Å². The van der Waals surface area contributed by atoms with E-state index >= 15 is 0 Å². The van der Waals surface area contributed by atoms with Gasteiger partial charge >= 0.3 is 0 Å². The number of hydrogen-bond acceptors (Lipinski definition) is 3. The van der Waals surface area contributed by atoms with Gasteiger partial charge in [-0.2, -0.15) is 0 Å². The Balaban J connectivity index is 2.59. The van der Waals surface area contributed by atoms with Gasteiger partial charge in [-0.25, -0.2) is 0 Å².